The summed E-state index contributed by atoms with van der Waals surface area (Å²) in [5.74, 6) is 0.288. The minimum Gasteiger partial charge on any atom is -0.357 e. The first-order valence-corrected chi connectivity index (χ1v) is 7.82. The second-order valence-corrected chi connectivity index (χ2v) is 5.45. The van der Waals surface area contributed by atoms with Crippen molar-refractivity contribution in [3.05, 3.63) is 35.6 Å². The predicted octanol–water partition coefficient (Wildman–Crippen LogP) is 3.38. The molecule has 25 heavy (non-hydrogen) atoms. The van der Waals surface area contributed by atoms with Gasteiger partial charge < -0.3 is 10.6 Å². The number of hydrogen-bond donors (Lipinski definition) is 2. The molecule has 0 fully saturated rings. The van der Waals surface area contributed by atoms with Gasteiger partial charge in [-0.2, -0.15) is 13.2 Å². The summed E-state index contributed by atoms with van der Waals surface area (Å²) in [6.45, 7) is 2.92. The molecule has 0 bridgehead atoms. The number of hydrogen-bond acceptors (Lipinski definition) is 2. The van der Waals surface area contributed by atoms with Gasteiger partial charge in [-0.15, -0.1) is 24.0 Å². The third-order valence-corrected chi connectivity index (χ3v) is 3.14. The van der Waals surface area contributed by atoms with Crippen LogP contribution in [-0.2, 0) is 6.54 Å². The van der Waals surface area contributed by atoms with Crippen LogP contribution in [0.4, 0.5) is 17.6 Å². The number of aliphatic imine (C=N–C) groups is 1. The van der Waals surface area contributed by atoms with Crippen LogP contribution in [0.25, 0.3) is 0 Å². The Morgan fingerprint density at radius 1 is 1.16 bits per heavy atom. The highest BCUT2D eigenvalue weighted by Gasteiger charge is 2.28. The van der Waals surface area contributed by atoms with E-state index in [9.17, 15) is 17.6 Å². The van der Waals surface area contributed by atoms with E-state index >= 15 is 0 Å². The van der Waals surface area contributed by atoms with Gasteiger partial charge in [0.25, 0.3) is 0 Å². The number of guanidine groups is 1. The number of halogens is 5. The molecular formula is C16H25F4IN4. The Kier molecular flexibility index (Phi) is 11.7. The Labute approximate surface area is 163 Å². The molecule has 0 aliphatic carbocycles. The maximum atomic E-state index is 12.8. The maximum Gasteiger partial charge on any atom is 0.401 e. The molecule has 2 N–H and O–H groups in total. The van der Waals surface area contributed by atoms with Crippen LogP contribution in [-0.4, -0.2) is 50.3 Å². The smallest absolute Gasteiger partial charge is 0.357 e. The molecule has 1 aromatic carbocycles. The highest BCUT2D eigenvalue weighted by molar-refractivity contribution is 14.0. The molecule has 0 unspecified atom stereocenters. The van der Waals surface area contributed by atoms with Crippen molar-refractivity contribution >= 4 is 29.9 Å². The summed E-state index contributed by atoms with van der Waals surface area (Å²) >= 11 is 0. The lowest BCUT2D eigenvalue weighted by molar-refractivity contribution is -0.143. The number of nitrogens with zero attached hydrogens (tertiary/aromatic N) is 2. The minimum atomic E-state index is -4.17. The van der Waals surface area contributed by atoms with E-state index in [1.807, 2.05) is 6.92 Å². The molecule has 0 saturated heterocycles. The van der Waals surface area contributed by atoms with Crippen LogP contribution >= 0.6 is 24.0 Å². The zero-order valence-corrected chi connectivity index (χ0v) is 16.7. The lowest BCUT2D eigenvalue weighted by atomic mass is 10.2. The van der Waals surface area contributed by atoms with Gasteiger partial charge in [0.1, 0.15) is 5.82 Å². The van der Waals surface area contributed by atoms with Crippen LogP contribution in [0.5, 0.6) is 0 Å². The number of rotatable bonds is 8. The van der Waals surface area contributed by atoms with Crippen molar-refractivity contribution in [1.82, 2.24) is 15.5 Å². The van der Waals surface area contributed by atoms with Gasteiger partial charge >= 0.3 is 6.18 Å². The normalized spacial score (nSPS) is 12.0. The molecule has 9 heteroatoms. The largest absolute Gasteiger partial charge is 0.401 e. The van der Waals surface area contributed by atoms with E-state index in [0.29, 0.717) is 38.6 Å². The van der Waals surface area contributed by atoms with Gasteiger partial charge in [-0.1, -0.05) is 12.1 Å². The number of benzene rings is 1. The lowest BCUT2D eigenvalue weighted by Gasteiger charge is -2.18. The van der Waals surface area contributed by atoms with Gasteiger partial charge in [0.15, 0.2) is 5.96 Å². The highest BCUT2D eigenvalue weighted by Crippen LogP contribution is 2.15. The van der Waals surface area contributed by atoms with Gasteiger partial charge in [-0.05, 0) is 44.6 Å². The third kappa shape index (κ3) is 12.0. The summed E-state index contributed by atoms with van der Waals surface area (Å²) in [4.78, 5) is 5.61. The molecule has 0 aliphatic heterocycles. The summed E-state index contributed by atoms with van der Waals surface area (Å²) in [6.07, 6.45) is -3.61. The van der Waals surface area contributed by atoms with Crippen LogP contribution in [0.2, 0.25) is 0 Å². The first-order chi connectivity index (χ1) is 11.3. The topological polar surface area (TPSA) is 39.7 Å². The Morgan fingerprint density at radius 3 is 2.36 bits per heavy atom. The van der Waals surface area contributed by atoms with Gasteiger partial charge in [0.2, 0.25) is 0 Å². The molecule has 0 saturated carbocycles. The molecule has 0 amide bonds. The van der Waals surface area contributed by atoms with Crippen LogP contribution in [0.15, 0.2) is 29.3 Å². The second-order valence-electron chi connectivity index (χ2n) is 5.45. The van der Waals surface area contributed by atoms with Crippen molar-refractivity contribution in [1.29, 1.82) is 0 Å². The van der Waals surface area contributed by atoms with E-state index in [-0.39, 0.29) is 29.8 Å². The maximum absolute atomic E-state index is 12.8. The molecule has 1 rings (SSSR count). The molecular weight excluding hydrogens is 451 g/mol. The zero-order chi connectivity index (χ0) is 18.0. The van der Waals surface area contributed by atoms with E-state index in [4.69, 9.17) is 0 Å². The average Bonchev–Trinajstić information content (AvgIpc) is 2.49. The zero-order valence-electron chi connectivity index (χ0n) is 14.4. The quantitative estimate of drug-likeness (QED) is 0.199. The summed E-state index contributed by atoms with van der Waals surface area (Å²) in [7, 11) is 1.45. The molecule has 0 radical (unpaired) electrons. The Morgan fingerprint density at radius 2 is 1.80 bits per heavy atom. The van der Waals surface area contributed by atoms with Crippen molar-refractivity contribution < 1.29 is 17.6 Å². The summed E-state index contributed by atoms with van der Waals surface area (Å²) in [6, 6.07) is 6.08. The monoisotopic (exact) mass is 476 g/mol. The minimum absolute atomic E-state index is 0. The number of alkyl halides is 3. The van der Waals surface area contributed by atoms with Crippen molar-refractivity contribution in [2.24, 2.45) is 4.99 Å². The molecule has 0 aromatic heterocycles. The Balaban J connectivity index is 0.00000576. The van der Waals surface area contributed by atoms with Gasteiger partial charge in [-0.3, -0.25) is 4.90 Å². The van der Waals surface area contributed by atoms with E-state index < -0.39 is 12.7 Å². The van der Waals surface area contributed by atoms with Crippen molar-refractivity contribution in [3.63, 3.8) is 0 Å². The third-order valence-electron chi connectivity index (χ3n) is 3.14. The summed E-state index contributed by atoms with van der Waals surface area (Å²) in [5, 5.41) is 6.14. The van der Waals surface area contributed by atoms with E-state index in [1.165, 1.54) is 24.1 Å². The fourth-order valence-electron chi connectivity index (χ4n) is 2.04. The van der Waals surface area contributed by atoms with Crippen LogP contribution < -0.4 is 10.6 Å². The Hall–Kier alpha value is -1.10. The summed E-state index contributed by atoms with van der Waals surface area (Å²) < 4.78 is 49.5. The lowest BCUT2D eigenvalue weighted by Crippen LogP contribution is -2.39. The van der Waals surface area contributed by atoms with Gasteiger partial charge in [0.05, 0.1) is 13.1 Å². The summed E-state index contributed by atoms with van der Waals surface area (Å²) in [5.41, 5.74) is 0.874. The molecule has 1 aromatic rings. The van der Waals surface area contributed by atoms with Crippen LogP contribution in [0.3, 0.4) is 0 Å². The number of nitrogens with one attached hydrogen (secondary N) is 2. The van der Waals surface area contributed by atoms with Crippen LogP contribution in [0, 0.1) is 5.82 Å². The SMILES string of the molecule is CCNC(=NCc1ccc(F)cc1)NCCCN(C)CC(F)(F)F.I. The van der Waals surface area contributed by atoms with Gasteiger partial charge in [0, 0.05) is 13.1 Å². The standard InChI is InChI=1S/C16H24F4N4.HI/c1-3-21-15(23-11-13-5-7-14(17)8-6-13)22-9-4-10-24(2)12-16(18,19)20;/h5-8H,3-4,9-12H2,1-2H3,(H2,21,22,23);1H. The fraction of sp³-hybridized carbons (Fsp3) is 0.562. The first kappa shape index (κ1) is 23.9. The fourth-order valence-corrected chi connectivity index (χ4v) is 2.04. The molecule has 0 spiro atoms. The average molecular weight is 476 g/mol. The molecule has 144 valence electrons. The van der Waals surface area contributed by atoms with Crippen molar-refractivity contribution in [3.8, 4) is 0 Å². The highest BCUT2D eigenvalue weighted by atomic mass is 127. The predicted molar refractivity (Wildman–Crippen MR) is 103 cm³/mol. The Bertz CT molecular complexity index is 506. The van der Waals surface area contributed by atoms with Gasteiger partial charge in [-0.25, -0.2) is 9.38 Å². The van der Waals surface area contributed by atoms with Crippen LogP contribution in [0.1, 0.15) is 18.9 Å². The van der Waals surface area contributed by atoms with E-state index in [0.717, 1.165) is 5.56 Å². The molecule has 4 nitrogen and oxygen atoms in total. The van der Waals surface area contributed by atoms with E-state index in [2.05, 4.69) is 15.6 Å². The van der Waals surface area contributed by atoms with Crippen molar-refractivity contribution in [2.75, 3.05) is 33.2 Å². The van der Waals surface area contributed by atoms with Crippen molar-refractivity contribution in [2.45, 2.75) is 26.1 Å². The molecule has 0 aliphatic rings. The molecule has 0 heterocycles. The first-order valence-electron chi connectivity index (χ1n) is 7.82. The second kappa shape index (κ2) is 12.3. The van der Waals surface area contributed by atoms with E-state index in [1.54, 1.807) is 12.1 Å². The molecule has 0 atom stereocenters.